The van der Waals surface area contributed by atoms with Gasteiger partial charge in [-0.3, -0.25) is 14.5 Å². The van der Waals surface area contributed by atoms with E-state index in [1.165, 1.54) is 0 Å². The fourth-order valence-corrected chi connectivity index (χ4v) is 1.41. The fourth-order valence-electron chi connectivity index (χ4n) is 1.41. The predicted molar refractivity (Wildman–Crippen MR) is 65.8 cm³/mol. The molecule has 0 bridgehead atoms. The van der Waals surface area contributed by atoms with Gasteiger partial charge in [-0.1, -0.05) is 5.16 Å². The Kier molecular flexibility index (Phi) is 4.85. The van der Waals surface area contributed by atoms with Gasteiger partial charge in [-0.2, -0.15) is 0 Å². The van der Waals surface area contributed by atoms with Crippen molar-refractivity contribution in [3.63, 3.8) is 0 Å². The van der Waals surface area contributed by atoms with Crippen LogP contribution in [0.5, 0.6) is 0 Å². The summed E-state index contributed by atoms with van der Waals surface area (Å²) in [6.45, 7) is 5.62. The molecule has 0 aliphatic rings. The van der Waals surface area contributed by atoms with Crippen LogP contribution in [0.4, 0.5) is 5.82 Å². The Morgan fingerprint density at radius 3 is 2.61 bits per heavy atom. The number of hydrogen-bond acceptors (Lipinski definition) is 5. The molecular formula is C11H18N4O3. The zero-order valence-electron chi connectivity index (χ0n) is 10.8. The first-order chi connectivity index (χ1) is 8.38. The maximum absolute atomic E-state index is 11.7. The highest BCUT2D eigenvalue weighted by Gasteiger charge is 2.16. The highest BCUT2D eigenvalue weighted by Crippen LogP contribution is 2.07. The van der Waals surface area contributed by atoms with Gasteiger partial charge in [-0.05, 0) is 20.8 Å². The number of nitrogens with zero attached hydrogens (tertiary/aromatic N) is 2. The average molecular weight is 254 g/mol. The summed E-state index contributed by atoms with van der Waals surface area (Å²) in [5.74, 6) is 0.246. The predicted octanol–water partition coefficient (Wildman–Crippen LogP) is 0.117. The maximum atomic E-state index is 11.7. The Bertz CT molecular complexity index is 428. The van der Waals surface area contributed by atoms with Crippen molar-refractivity contribution in [1.82, 2.24) is 10.1 Å². The number of aryl methyl sites for hydroxylation is 1. The van der Waals surface area contributed by atoms with E-state index in [-0.39, 0.29) is 25.0 Å². The van der Waals surface area contributed by atoms with Crippen LogP contribution < -0.4 is 11.1 Å². The molecule has 1 aromatic heterocycles. The van der Waals surface area contributed by atoms with Crippen molar-refractivity contribution in [2.45, 2.75) is 26.8 Å². The molecule has 0 aliphatic carbocycles. The number of amides is 2. The number of carbonyl (C=O) groups excluding carboxylic acids is 2. The minimum Gasteiger partial charge on any atom is -0.369 e. The van der Waals surface area contributed by atoms with Gasteiger partial charge in [-0.15, -0.1) is 0 Å². The van der Waals surface area contributed by atoms with Gasteiger partial charge in [0.2, 0.25) is 11.8 Å². The summed E-state index contributed by atoms with van der Waals surface area (Å²) < 4.78 is 4.83. The summed E-state index contributed by atoms with van der Waals surface area (Å²) in [4.78, 5) is 24.3. The largest absolute Gasteiger partial charge is 0.369 e. The molecule has 0 radical (unpaired) electrons. The molecule has 0 saturated carbocycles. The molecule has 2 amide bonds. The van der Waals surface area contributed by atoms with Gasteiger partial charge >= 0.3 is 0 Å². The smallest absolute Gasteiger partial charge is 0.239 e. The van der Waals surface area contributed by atoms with E-state index < -0.39 is 5.91 Å². The minimum absolute atomic E-state index is 0.0438. The topological polar surface area (TPSA) is 101 Å². The Balaban J connectivity index is 2.53. The molecule has 18 heavy (non-hydrogen) atoms. The van der Waals surface area contributed by atoms with E-state index in [9.17, 15) is 9.59 Å². The van der Waals surface area contributed by atoms with E-state index in [1.54, 1.807) is 17.9 Å². The molecule has 7 heteroatoms. The second-order valence-corrected chi connectivity index (χ2v) is 4.34. The molecule has 0 atom stereocenters. The first kappa shape index (κ1) is 14.2. The van der Waals surface area contributed by atoms with Crippen LogP contribution in [0.2, 0.25) is 0 Å². The number of anilines is 1. The number of rotatable bonds is 6. The van der Waals surface area contributed by atoms with Crippen LogP contribution >= 0.6 is 0 Å². The van der Waals surface area contributed by atoms with E-state index in [4.69, 9.17) is 10.3 Å². The zero-order valence-corrected chi connectivity index (χ0v) is 10.8. The number of aromatic nitrogens is 1. The molecule has 3 N–H and O–H groups in total. The number of nitrogens with one attached hydrogen (secondary N) is 1. The lowest BCUT2D eigenvalue weighted by molar-refractivity contribution is -0.121. The third-order valence-electron chi connectivity index (χ3n) is 2.33. The number of carbonyl (C=O) groups is 2. The third kappa shape index (κ3) is 4.54. The van der Waals surface area contributed by atoms with Crippen molar-refractivity contribution in [2.75, 3.05) is 18.4 Å². The van der Waals surface area contributed by atoms with Crippen molar-refractivity contribution in [1.29, 1.82) is 0 Å². The lowest BCUT2D eigenvalue weighted by atomic mass is 10.3. The standard InChI is InChI=1S/C11H18N4O3/c1-7(2)15(5-9(12)16)6-11(17)13-10-4-8(3)18-14-10/h4,7H,5-6H2,1-3H3,(H2,12,16)(H,13,14,17). The number of primary amides is 1. The summed E-state index contributed by atoms with van der Waals surface area (Å²) >= 11 is 0. The van der Waals surface area contributed by atoms with Gasteiger partial charge in [0.05, 0.1) is 13.1 Å². The van der Waals surface area contributed by atoms with Gasteiger partial charge in [0.25, 0.3) is 0 Å². The highest BCUT2D eigenvalue weighted by atomic mass is 16.5. The molecule has 0 fully saturated rings. The summed E-state index contributed by atoms with van der Waals surface area (Å²) in [6, 6.07) is 1.66. The fraction of sp³-hybridized carbons (Fsp3) is 0.545. The summed E-state index contributed by atoms with van der Waals surface area (Å²) in [6.07, 6.45) is 0. The molecule has 1 aromatic rings. The lowest BCUT2D eigenvalue weighted by Crippen LogP contribution is -2.43. The van der Waals surface area contributed by atoms with E-state index in [1.807, 2.05) is 13.8 Å². The first-order valence-corrected chi connectivity index (χ1v) is 5.64. The van der Waals surface area contributed by atoms with Crippen molar-refractivity contribution in [3.8, 4) is 0 Å². The summed E-state index contributed by atoms with van der Waals surface area (Å²) in [7, 11) is 0. The van der Waals surface area contributed by atoms with Crippen LogP contribution in [0.15, 0.2) is 10.6 Å². The molecule has 0 saturated heterocycles. The molecule has 7 nitrogen and oxygen atoms in total. The molecule has 0 aliphatic heterocycles. The summed E-state index contributed by atoms with van der Waals surface area (Å²) in [5.41, 5.74) is 5.12. The van der Waals surface area contributed by atoms with Crippen molar-refractivity contribution in [3.05, 3.63) is 11.8 Å². The Hall–Kier alpha value is -1.89. The van der Waals surface area contributed by atoms with Crippen LogP contribution in [0.1, 0.15) is 19.6 Å². The van der Waals surface area contributed by atoms with Crippen molar-refractivity contribution < 1.29 is 14.1 Å². The molecule has 0 spiro atoms. The molecule has 100 valence electrons. The lowest BCUT2D eigenvalue weighted by Gasteiger charge is -2.23. The van der Waals surface area contributed by atoms with E-state index in [0.29, 0.717) is 11.6 Å². The zero-order chi connectivity index (χ0) is 13.7. The van der Waals surface area contributed by atoms with E-state index in [0.717, 1.165) is 0 Å². The highest BCUT2D eigenvalue weighted by molar-refractivity contribution is 5.91. The normalized spacial score (nSPS) is 10.9. The van der Waals surface area contributed by atoms with Gasteiger partial charge in [0.1, 0.15) is 5.76 Å². The van der Waals surface area contributed by atoms with Crippen molar-refractivity contribution in [2.24, 2.45) is 5.73 Å². The van der Waals surface area contributed by atoms with Crippen LogP contribution in [0.25, 0.3) is 0 Å². The molecular weight excluding hydrogens is 236 g/mol. The monoisotopic (exact) mass is 254 g/mol. The van der Waals surface area contributed by atoms with Gasteiger partial charge < -0.3 is 15.6 Å². The molecule has 1 heterocycles. The Morgan fingerprint density at radius 1 is 1.50 bits per heavy atom. The van der Waals surface area contributed by atoms with Gasteiger partial charge in [0.15, 0.2) is 5.82 Å². The third-order valence-corrected chi connectivity index (χ3v) is 2.33. The van der Waals surface area contributed by atoms with Crippen LogP contribution in [0.3, 0.4) is 0 Å². The minimum atomic E-state index is -0.464. The van der Waals surface area contributed by atoms with E-state index >= 15 is 0 Å². The van der Waals surface area contributed by atoms with Gasteiger partial charge in [-0.25, -0.2) is 0 Å². The molecule has 0 unspecified atom stereocenters. The number of hydrogen-bond donors (Lipinski definition) is 2. The van der Waals surface area contributed by atoms with Crippen LogP contribution in [-0.2, 0) is 9.59 Å². The van der Waals surface area contributed by atoms with Crippen molar-refractivity contribution >= 4 is 17.6 Å². The van der Waals surface area contributed by atoms with Crippen LogP contribution in [-0.4, -0.2) is 41.0 Å². The Labute approximate surface area is 105 Å². The SMILES string of the molecule is Cc1cc(NC(=O)CN(CC(N)=O)C(C)C)no1. The van der Waals surface area contributed by atoms with Gasteiger partial charge in [0, 0.05) is 12.1 Å². The second kappa shape index (κ2) is 6.15. The quantitative estimate of drug-likeness (QED) is 0.750. The maximum Gasteiger partial charge on any atom is 0.239 e. The Morgan fingerprint density at radius 2 is 2.17 bits per heavy atom. The van der Waals surface area contributed by atoms with Crippen LogP contribution in [0, 0.1) is 6.92 Å². The van der Waals surface area contributed by atoms with E-state index in [2.05, 4.69) is 10.5 Å². The molecule has 0 aromatic carbocycles. The number of nitrogens with two attached hydrogens (primary N) is 1. The average Bonchev–Trinajstić information content (AvgIpc) is 2.62. The molecule has 1 rings (SSSR count). The second-order valence-electron chi connectivity index (χ2n) is 4.34. The first-order valence-electron chi connectivity index (χ1n) is 5.64. The summed E-state index contributed by atoms with van der Waals surface area (Å²) in [5, 5.41) is 6.24.